The van der Waals surface area contributed by atoms with Crippen LogP contribution in [0.4, 0.5) is 5.69 Å². The minimum Gasteiger partial charge on any atom is -0.348 e. The maximum absolute atomic E-state index is 12.5. The van der Waals surface area contributed by atoms with Gasteiger partial charge in [-0.15, -0.1) is 0 Å². The molecule has 0 aromatic heterocycles. The fourth-order valence-corrected chi connectivity index (χ4v) is 3.16. The summed E-state index contributed by atoms with van der Waals surface area (Å²) in [5, 5.41) is 3.97. The van der Waals surface area contributed by atoms with E-state index in [0.29, 0.717) is 11.7 Å². The van der Waals surface area contributed by atoms with Crippen molar-refractivity contribution in [1.82, 2.24) is 9.80 Å². The van der Waals surface area contributed by atoms with E-state index < -0.39 is 0 Å². The van der Waals surface area contributed by atoms with Gasteiger partial charge in [-0.2, -0.15) is 0 Å². The van der Waals surface area contributed by atoms with Gasteiger partial charge in [-0.3, -0.25) is 4.79 Å². The van der Waals surface area contributed by atoms with Gasteiger partial charge >= 0.3 is 0 Å². The highest BCUT2D eigenvalue weighted by Gasteiger charge is 2.29. The molecule has 1 N–H and O–H groups in total. The summed E-state index contributed by atoms with van der Waals surface area (Å²) in [6.45, 7) is 7.25. The van der Waals surface area contributed by atoms with Crippen molar-refractivity contribution >= 4 is 28.9 Å². The third-order valence-electron chi connectivity index (χ3n) is 4.16. The second-order valence-corrected chi connectivity index (χ2v) is 5.98. The van der Waals surface area contributed by atoms with Gasteiger partial charge < -0.3 is 15.1 Å². The Kier molecular flexibility index (Phi) is 6.19. The minimum absolute atomic E-state index is 0.0594. The van der Waals surface area contributed by atoms with E-state index in [1.54, 1.807) is 0 Å². The summed E-state index contributed by atoms with van der Waals surface area (Å²) in [5.41, 5.74) is 0.990. The molecule has 1 aliphatic heterocycles. The number of thiocarbonyl (C=S) groups is 1. The highest BCUT2D eigenvalue weighted by atomic mass is 32.1. The van der Waals surface area contributed by atoms with Crippen LogP contribution in [0, 0.1) is 5.92 Å². The maximum atomic E-state index is 12.5. The van der Waals surface area contributed by atoms with Crippen molar-refractivity contribution < 1.29 is 4.79 Å². The summed E-state index contributed by atoms with van der Waals surface area (Å²) in [4.78, 5) is 16.6. The zero-order valence-electron chi connectivity index (χ0n) is 13.4. The number of hydrogen-bond acceptors (Lipinski definition) is 2. The van der Waals surface area contributed by atoms with Crippen molar-refractivity contribution in [3.8, 4) is 0 Å². The molecule has 120 valence electrons. The van der Waals surface area contributed by atoms with Crippen LogP contribution in [0.2, 0.25) is 0 Å². The Morgan fingerprint density at radius 2 is 2.00 bits per heavy atom. The first-order valence-electron chi connectivity index (χ1n) is 8.05. The van der Waals surface area contributed by atoms with E-state index in [2.05, 4.69) is 10.2 Å². The molecule has 0 radical (unpaired) electrons. The molecule has 1 saturated heterocycles. The smallest absolute Gasteiger partial charge is 0.227 e. The molecule has 1 aliphatic rings. The number of piperidine rings is 1. The lowest BCUT2D eigenvalue weighted by atomic mass is 9.96. The number of nitrogens with one attached hydrogen (secondary N) is 1. The van der Waals surface area contributed by atoms with Crippen molar-refractivity contribution in [1.29, 1.82) is 0 Å². The summed E-state index contributed by atoms with van der Waals surface area (Å²) in [7, 11) is 0. The van der Waals surface area contributed by atoms with E-state index in [0.717, 1.165) is 38.2 Å². The normalized spacial score (nSPS) is 17.9. The van der Waals surface area contributed by atoms with Gasteiger partial charge in [0.05, 0.1) is 5.92 Å². The standard InChI is InChI=1S/C17H25N3OS/c1-3-19(4-2)16(21)14-9-8-12-20(13-14)17(22)18-15-10-6-5-7-11-15/h5-7,10-11,14H,3-4,8-9,12-13H2,1-2H3,(H,18,22)/t14-/m1/s1. The minimum atomic E-state index is 0.0594. The van der Waals surface area contributed by atoms with Crippen molar-refractivity contribution in [2.75, 3.05) is 31.5 Å². The SMILES string of the molecule is CCN(CC)C(=O)[C@@H]1CCCN(C(=S)Nc2ccccc2)C1. The third kappa shape index (κ3) is 4.19. The quantitative estimate of drug-likeness (QED) is 0.866. The summed E-state index contributed by atoms with van der Waals surface area (Å²) in [5.74, 6) is 0.321. The van der Waals surface area contributed by atoms with Crippen LogP contribution < -0.4 is 5.32 Å². The maximum Gasteiger partial charge on any atom is 0.227 e. The molecule has 1 amide bonds. The average Bonchev–Trinajstić information content (AvgIpc) is 2.57. The number of hydrogen-bond donors (Lipinski definition) is 1. The lowest BCUT2D eigenvalue weighted by Crippen LogP contribution is -2.47. The predicted octanol–water partition coefficient (Wildman–Crippen LogP) is 2.96. The Bertz CT molecular complexity index is 502. The van der Waals surface area contributed by atoms with Gasteiger partial charge in [0.25, 0.3) is 0 Å². The summed E-state index contributed by atoms with van der Waals surface area (Å²) in [6, 6.07) is 9.93. The van der Waals surface area contributed by atoms with Gasteiger partial charge in [0, 0.05) is 31.9 Å². The van der Waals surface area contributed by atoms with E-state index >= 15 is 0 Å². The molecule has 22 heavy (non-hydrogen) atoms. The molecule has 4 nitrogen and oxygen atoms in total. The molecule has 2 rings (SSSR count). The lowest BCUT2D eigenvalue weighted by molar-refractivity contribution is -0.136. The van der Waals surface area contributed by atoms with E-state index in [4.69, 9.17) is 12.2 Å². The first kappa shape index (κ1) is 16.7. The van der Waals surface area contributed by atoms with Gasteiger partial charge in [-0.1, -0.05) is 18.2 Å². The second-order valence-electron chi connectivity index (χ2n) is 5.59. The van der Waals surface area contributed by atoms with Crippen LogP contribution in [0.3, 0.4) is 0 Å². The Hall–Kier alpha value is -1.62. The number of nitrogens with zero attached hydrogens (tertiary/aromatic N) is 2. The van der Waals surface area contributed by atoms with Crippen LogP contribution in [0.1, 0.15) is 26.7 Å². The Morgan fingerprint density at radius 1 is 1.32 bits per heavy atom. The zero-order valence-corrected chi connectivity index (χ0v) is 14.2. The van der Waals surface area contributed by atoms with E-state index in [9.17, 15) is 4.79 Å². The molecular formula is C17H25N3OS. The van der Waals surface area contributed by atoms with Crippen LogP contribution in [-0.2, 0) is 4.79 Å². The van der Waals surface area contributed by atoms with Gasteiger partial charge in [0.15, 0.2) is 5.11 Å². The van der Waals surface area contributed by atoms with Crippen LogP contribution in [0.25, 0.3) is 0 Å². The number of likely N-dealkylation sites (tertiary alicyclic amines) is 1. The number of carbonyl (C=O) groups excluding carboxylic acids is 1. The molecule has 1 heterocycles. The molecule has 1 atom stereocenters. The van der Waals surface area contributed by atoms with E-state index in [-0.39, 0.29) is 11.8 Å². The Morgan fingerprint density at radius 3 is 2.64 bits per heavy atom. The van der Waals surface area contributed by atoms with Crippen molar-refractivity contribution in [3.63, 3.8) is 0 Å². The Labute approximate surface area is 138 Å². The Balaban J connectivity index is 1.95. The average molecular weight is 319 g/mol. The van der Waals surface area contributed by atoms with Crippen molar-refractivity contribution in [2.24, 2.45) is 5.92 Å². The van der Waals surface area contributed by atoms with Crippen LogP contribution in [0.5, 0.6) is 0 Å². The highest BCUT2D eigenvalue weighted by Crippen LogP contribution is 2.20. The van der Waals surface area contributed by atoms with Crippen LogP contribution in [-0.4, -0.2) is 47.0 Å². The molecule has 0 saturated carbocycles. The van der Waals surface area contributed by atoms with Gasteiger partial charge in [-0.25, -0.2) is 0 Å². The number of carbonyl (C=O) groups is 1. The molecule has 0 bridgehead atoms. The third-order valence-corrected chi connectivity index (χ3v) is 4.52. The zero-order chi connectivity index (χ0) is 15.9. The first-order valence-corrected chi connectivity index (χ1v) is 8.46. The summed E-state index contributed by atoms with van der Waals surface area (Å²) < 4.78 is 0. The number of amides is 1. The predicted molar refractivity (Wildman–Crippen MR) is 94.9 cm³/mol. The van der Waals surface area contributed by atoms with Crippen molar-refractivity contribution in [3.05, 3.63) is 30.3 Å². The molecule has 0 unspecified atom stereocenters. The molecule has 1 fully saturated rings. The topological polar surface area (TPSA) is 35.6 Å². The number of anilines is 1. The van der Waals surface area contributed by atoms with Gasteiger partial charge in [-0.05, 0) is 51.0 Å². The molecule has 5 heteroatoms. The first-order chi connectivity index (χ1) is 10.7. The highest BCUT2D eigenvalue weighted by molar-refractivity contribution is 7.80. The van der Waals surface area contributed by atoms with Crippen LogP contribution in [0.15, 0.2) is 30.3 Å². The monoisotopic (exact) mass is 319 g/mol. The summed E-state index contributed by atoms with van der Waals surface area (Å²) in [6.07, 6.45) is 1.97. The van der Waals surface area contributed by atoms with E-state index in [1.807, 2.05) is 49.1 Å². The van der Waals surface area contributed by atoms with Gasteiger partial charge in [0.1, 0.15) is 0 Å². The molecule has 0 spiro atoms. The molecule has 1 aromatic carbocycles. The van der Waals surface area contributed by atoms with Gasteiger partial charge in [0.2, 0.25) is 5.91 Å². The van der Waals surface area contributed by atoms with Crippen molar-refractivity contribution in [2.45, 2.75) is 26.7 Å². The fraction of sp³-hybridized carbons (Fsp3) is 0.529. The number of benzene rings is 1. The lowest BCUT2D eigenvalue weighted by Gasteiger charge is -2.36. The molecular weight excluding hydrogens is 294 g/mol. The molecule has 1 aromatic rings. The second kappa shape index (κ2) is 8.13. The fourth-order valence-electron chi connectivity index (χ4n) is 2.88. The number of rotatable bonds is 4. The van der Waals surface area contributed by atoms with E-state index in [1.165, 1.54) is 0 Å². The largest absolute Gasteiger partial charge is 0.348 e. The van der Waals surface area contributed by atoms with Crippen LogP contribution >= 0.6 is 12.2 Å². The number of para-hydroxylation sites is 1. The molecule has 0 aliphatic carbocycles. The summed E-state index contributed by atoms with van der Waals surface area (Å²) >= 11 is 5.51.